The molecule has 0 fully saturated rings. The summed E-state index contributed by atoms with van der Waals surface area (Å²) in [7, 11) is 1.52. The molecule has 0 amide bonds. The van der Waals surface area contributed by atoms with Gasteiger partial charge >= 0.3 is 5.97 Å². The fourth-order valence-electron chi connectivity index (χ4n) is 2.22. The van der Waals surface area contributed by atoms with E-state index in [0.29, 0.717) is 11.3 Å². The number of nitrogens with one attached hydrogen (secondary N) is 1. The number of hydrogen-bond acceptors (Lipinski definition) is 5. The molecule has 0 unspecified atom stereocenters. The van der Waals surface area contributed by atoms with Gasteiger partial charge in [0, 0.05) is 5.56 Å². The van der Waals surface area contributed by atoms with Gasteiger partial charge in [0.25, 0.3) is 0 Å². The second kappa shape index (κ2) is 6.26. The zero-order valence-corrected chi connectivity index (χ0v) is 12.0. The van der Waals surface area contributed by atoms with Crippen LogP contribution in [0.15, 0.2) is 30.3 Å². The van der Waals surface area contributed by atoms with E-state index in [0.717, 1.165) is 10.8 Å². The number of carbonyl (C=O) groups is 1. The van der Waals surface area contributed by atoms with Crippen molar-refractivity contribution in [1.82, 2.24) is 0 Å². The van der Waals surface area contributed by atoms with Crippen molar-refractivity contribution in [2.45, 2.75) is 13.3 Å². The molecule has 0 bridgehead atoms. The number of hydrogen-bond donors (Lipinski definition) is 2. The Bertz CT molecular complexity index is 694. The molecule has 2 rings (SSSR count). The van der Waals surface area contributed by atoms with E-state index in [9.17, 15) is 9.90 Å². The van der Waals surface area contributed by atoms with Crippen LogP contribution >= 0.6 is 0 Å². The van der Waals surface area contributed by atoms with Gasteiger partial charge in [0.15, 0.2) is 0 Å². The van der Waals surface area contributed by atoms with Crippen molar-refractivity contribution in [3.63, 3.8) is 0 Å². The van der Waals surface area contributed by atoms with E-state index < -0.39 is 5.97 Å². The topological polar surface area (TPSA) is 79.6 Å². The Hall–Kier alpha value is -2.56. The Morgan fingerprint density at radius 3 is 2.71 bits per heavy atom. The van der Waals surface area contributed by atoms with Crippen LogP contribution in [0.25, 0.3) is 10.8 Å². The third kappa shape index (κ3) is 3.13. The van der Waals surface area contributed by atoms with Crippen molar-refractivity contribution in [2.24, 2.45) is 0 Å². The lowest BCUT2D eigenvalue weighted by molar-refractivity contribution is -0.141. The van der Waals surface area contributed by atoms with E-state index in [4.69, 9.17) is 14.9 Å². The summed E-state index contributed by atoms with van der Waals surface area (Å²) in [6, 6.07) is 8.38. The predicted octanol–water partition coefficient (Wildman–Crippen LogP) is 2.88. The fraction of sp³-hybridized carbons (Fsp3) is 0.250. The van der Waals surface area contributed by atoms with Gasteiger partial charge < -0.3 is 20.0 Å². The van der Waals surface area contributed by atoms with E-state index in [-0.39, 0.29) is 24.5 Å². The lowest BCUT2D eigenvalue weighted by atomic mass is 9.98. The number of methoxy groups -OCH3 is 1. The number of esters is 1. The molecule has 2 N–H and O–H groups in total. The van der Waals surface area contributed by atoms with Crippen molar-refractivity contribution < 1.29 is 19.4 Å². The van der Waals surface area contributed by atoms with E-state index >= 15 is 0 Å². The first-order valence-electron chi connectivity index (χ1n) is 6.60. The van der Waals surface area contributed by atoms with E-state index in [2.05, 4.69) is 0 Å². The van der Waals surface area contributed by atoms with Crippen molar-refractivity contribution in [2.75, 3.05) is 13.7 Å². The van der Waals surface area contributed by atoms with Gasteiger partial charge in [-0.1, -0.05) is 6.07 Å². The quantitative estimate of drug-likeness (QED) is 0.654. The Kier molecular flexibility index (Phi) is 4.42. The smallest absolute Gasteiger partial charge is 0.311 e. The molecule has 110 valence electrons. The highest BCUT2D eigenvalue weighted by molar-refractivity contribution is 6.16. The van der Waals surface area contributed by atoms with E-state index in [1.807, 2.05) is 0 Å². The Morgan fingerprint density at radius 1 is 1.29 bits per heavy atom. The number of ether oxygens (including phenoxy) is 2. The summed E-state index contributed by atoms with van der Waals surface area (Å²) >= 11 is 0. The lowest BCUT2D eigenvalue weighted by Gasteiger charge is -2.13. The van der Waals surface area contributed by atoms with Crippen LogP contribution in [-0.4, -0.2) is 30.5 Å². The van der Waals surface area contributed by atoms with Crippen LogP contribution in [0.1, 0.15) is 18.9 Å². The summed E-state index contributed by atoms with van der Waals surface area (Å²) in [5.41, 5.74) is 0.671. The summed E-state index contributed by atoms with van der Waals surface area (Å²) in [5, 5.41) is 19.2. The minimum absolute atomic E-state index is 0.121. The highest BCUT2D eigenvalue weighted by Crippen LogP contribution is 2.31. The summed E-state index contributed by atoms with van der Waals surface area (Å²) in [5.74, 6) is 0.221. The third-order valence-corrected chi connectivity index (χ3v) is 3.11. The first-order chi connectivity index (χ1) is 10.1. The second-order valence-electron chi connectivity index (χ2n) is 4.51. The third-order valence-electron chi connectivity index (χ3n) is 3.11. The first kappa shape index (κ1) is 14.8. The summed E-state index contributed by atoms with van der Waals surface area (Å²) < 4.78 is 10.2. The van der Waals surface area contributed by atoms with Crippen LogP contribution in [-0.2, 0) is 9.53 Å². The molecule has 0 atom stereocenters. The molecular formula is C16H17NO4. The van der Waals surface area contributed by atoms with Gasteiger partial charge in [-0.05, 0) is 42.0 Å². The van der Waals surface area contributed by atoms with Gasteiger partial charge in [-0.25, -0.2) is 0 Å². The maximum atomic E-state index is 11.6. The van der Waals surface area contributed by atoms with E-state index in [1.54, 1.807) is 37.3 Å². The minimum atomic E-state index is -0.444. The molecule has 0 heterocycles. The van der Waals surface area contributed by atoms with Gasteiger partial charge in [-0.15, -0.1) is 0 Å². The standard InChI is InChI=1S/C16H17NO4/c1-3-21-15(19)9-13(17)16-12-6-5-11(18)8-10(12)4-7-14(16)20-2/h4-8,17-18H,3,9H2,1-2H3. The molecule has 0 saturated carbocycles. The van der Waals surface area contributed by atoms with E-state index in [1.165, 1.54) is 7.11 Å². The molecule has 0 aromatic heterocycles. The number of carbonyl (C=O) groups excluding carboxylic acids is 1. The number of phenols is 1. The monoisotopic (exact) mass is 287 g/mol. The van der Waals surface area contributed by atoms with Crippen molar-refractivity contribution in [1.29, 1.82) is 5.41 Å². The molecule has 2 aromatic rings. The number of fused-ring (bicyclic) bond motifs is 1. The lowest BCUT2D eigenvalue weighted by Crippen LogP contribution is -2.12. The van der Waals surface area contributed by atoms with Gasteiger partial charge in [0.2, 0.25) is 0 Å². The Labute approximate surface area is 122 Å². The molecule has 0 spiro atoms. The van der Waals surface area contributed by atoms with Crippen LogP contribution in [0.4, 0.5) is 0 Å². The average Bonchev–Trinajstić information content (AvgIpc) is 2.45. The normalized spacial score (nSPS) is 10.4. The fourth-order valence-corrected chi connectivity index (χ4v) is 2.22. The average molecular weight is 287 g/mol. The zero-order chi connectivity index (χ0) is 15.4. The number of phenolic OH excluding ortho intramolecular Hbond substituents is 1. The Balaban J connectivity index is 2.49. The SMILES string of the molecule is CCOC(=O)CC(=N)c1c(OC)ccc2cc(O)ccc12. The number of aromatic hydroxyl groups is 1. The maximum absolute atomic E-state index is 11.6. The number of benzene rings is 2. The van der Waals surface area contributed by atoms with Crippen molar-refractivity contribution >= 4 is 22.5 Å². The molecule has 0 aliphatic carbocycles. The molecule has 2 aromatic carbocycles. The molecule has 5 heteroatoms. The molecule has 0 saturated heterocycles. The predicted molar refractivity (Wildman–Crippen MR) is 80.2 cm³/mol. The molecule has 0 radical (unpaired) electrons. The van der Waals surface area contributed by atoms with Crippen LogP contribution in [0.2, 0.25) is 0 Å². The summed E-state index contributed by atoms with van der Waals surface area (Å²) in [6.45, 7) is 2.01. The largest absolute Gasteiger partial charge is 0.508 e. The molecular weight excluding hydrogens is 270 g/mol. The van der Waals surface area contributed by atoms with Crippen LogP contribution in [0.3, 0.4) is 0 Å². The van der Waals surface area contributed by atoms with Crippen LogP contribution in [0.5, 0.6) is 11.5 Å². The second-order valence-corrected chi connectivity index (χ2v) is 4.51. The minimum Gasteiger partial charge on any atom is -0.508 e. The molecule has 0 aliphatic heterocycles. The summed E-state index contributed by atoms with van der Waals surface area (Å²) in [4.78, 5) is 11.6. The molecule has 5 nitrogen and oxygen atoms in total. The molecule has 21 heavy (non-hydrogen) atoms. The summed E-state index contributed by atoms with van der Waals surface area (Å²) in [6.07, 6.45) is -0.121. The zero-order valence-electron chi connectivity index (χ0n) is 12.0. The van der Waals surface area contributed by atoms with Crippen molar-refractivity contribution in [3.8, 4) is 11.5 Å². The van der Waals surface area contributed by atoms with Crippen molar-refractivity contribution in [3.05, 3.63) is 35.9 Å². The van der Waals surface area contributed by atoms with Gasteiger partial charge in [0.05, 0.1) is 25.8 Å². The van der Waals surface area contributed by atoms with Gasteiger partial charge in [-0.3, -0.25) is 4.79 Å². The highest BCUT2D eigenvalue weighted by atomic mass is 16.5. The first-order valence-corrected chi connectivity index (χ1v) is 6.60. The molecule has 0 aliphatic rings. The highest BCUT2D eigenvalue weighted by Gasteiger charge is 2.17. The van der Waals surface area contributed by atoms with Gasteiger partial charge in [-0.2, -0.15) is 0 Å². The number of rotatable bonds is 5. The van der Waals surface area contributed by atoms with Crippen LogP contribution in [0, 0.1) is 5.41 Å². The van der Waals surface area contributed by atoms with Crippen LogP contribution < -0.4 is 4.74 Å². The maximum Gasteiger partial charge on any atom is 0.311 e. The Morgan fingerprint density at radius 2 is 2.05 bits per heavy atom. The van der Waals surface area contributed by atoms with Gasteiger partial charge in [0.1, 0.15) is 11.5 Å².